The Kier molecular flexibility index (Phi) is 6.69. The molecular weight excluding hydrogens is 356 g/mol. The molecule has 7 heteroatoms. The van der Waals surface area contributed by atoms with E-state index in [1.54, 1.807) is 26.4 Å². The summed E-state index contributed by atoms with van der Waals surface area (Å²) in [5.74, 6) is 1.27. The number of nitrogens with one attached hydrogen (secondary N) is 1. The molecule has 0 saturated heterocycles. The van der Waals surface area contributed by atoms with Crippen LogP contribution in [0, 0.1) is 0 Å². The molecular formula is C19H23ClN2O4. The monoisotopic (exact) mass is 378 g/mol. The number of amides is 1. The van der Waals surface area contributed by atoms with Gasteiger partial charge in [-0.05, 0) is 44.5 Å². The summed E-state index contributed by atoms with van der Waals surface area (Å²) < 4.78 is 16.0. The van der Waals surface area contributed by atoms with Crippen LogP contribution in [0.4, 0.5) is 0 Å². The van der Waals surface area contributed by atoms with Crippen LogP contribution >= 0.6 is 11.6 Å². The lowest BCUT2D eigenvalue weighted by Gasteiger charge is -2.17. The van der Waals surface area contributed by atoms with Gasteiger partial charge >= 0.3 is 0 Å². The lowest BCUT2D eigenvalue weighted by Crippen LogP contribution is -2.26. The van der Waals surface area contributed by atoms with Crippen LogP contribution in [0.2, 0.25) is 5.02 Å². The molecule has 140 valence electrons. The standard InChI is InChI=1S/C19H23ClN2O4/c1-11(2)26-19-15(20)8-14(10-21-19)18(23)22-12(3)13-6-7-16(24-4)17(9-13)25-5/h6-12H,1-5H3,(H,22,23). The third-order valence-corrected chi connectivity index (χ3v) is 3.94. The summed E-state index contributed by atoms with van der Waals surface area (Å²) in [7, 11) is 3.14. The zero-order valence-corrected chi connectivity index (χ0v) is 16.3. The van der Waals surface area contributed by atoms with E-state index in [4.69, 9.17) is 25.8 Å². The van der Waals surface area contributed by atoms with E-state index >= 15 is 0 Å². The summed E-state index contributed by atoms with van der Waals surface area (Å²) in [5.41, 5.74) is 1.24. The molecule has 1 amide bonds. The molecule has 26 heavy (non-hydrogen) atoms. The van der Waals surface area contributed by atoms with Gasteiger partial charge in [-0.15, -0.1) is 0 Å². The Bertz CT molecular complexity index is 780. The molecule has 0 bridgehead atoms. The molecule has 2 aromatic rings. The fourth-order valence-corrected chi connectivity index (χ4v) is 2.56. The van der Waals surface area contributed by atoms with Crippen LogP contribution in [0.1, 0.15) is 42.7 Å². The average Bonchev–Trinajstić information content (AvgIpc) is 2.62. The summed E-state index contributed by atoms with van der Waals surface area (Å²) >= 11 is 6.15. The van der Waals surface area contributed by atoms with Gasteiger partial charge < -0.3 is 19.5 Å². The van der Waals surface area contributed by atoms with Gasteiger partial charge in [0.05, 0.1) is 31.9 Å². The van der Waals surface area contributed by atoms with Crippen LogP contribution in [0.25, 0.3) is 0 Å². The molecule has 1 heterocycles. The molecule has 2 rings (SSSR count). The number of hydrogen-bond donors (Lipinski definition) is 1. The maximum Gasteiger partial charge on any atom is 0.253 e. The van der Waals surface area contributed by atoms with Crippen molar-refractivity contribution in [2.75, 3.05) is 14.2 Å². The van der Waals surface area contributed by atoms with Gasteiger partial charge in [-0.3, -0.25) is 4.79 Å². The quantitative estimate of drug-likeness (QED) is 0.787. The van der Waals surface area contributed by atoms with E-state index in [9.17, 15) is 4.79 Å². The zero-order chi connectivity index (χ0) is 19.3. The van der Waals surface area contributed by atoms with Crippen LogP contribution < -0.4 is 19.5 Å². The number of hydrogen-bond acceptors (Lipinski definition) is 5. The van der Waals surface area contributed by atoms with Crippen molar-refractivity contribution in [3.8, 4) is 17.4 Å². The maximum atomic E-state index is 12.5. The van der Waals surface area contributed by atoms with Gasteiger partial charge in [0.25, 0.3) is 5.91 Å². The molecule has 1 unspecified atom stereocenters. The highest BCUT2D eigenvalue weighted by Gasteiger charge is 2.16. The number of benzene rings is 1. The number of methoxy groups -OCH3 is 2. The second kappa shape index (κ2) is 8.76. The average molecular weight is 379 g/mol. The Morgan fingerprint density at radius 1 is 1.12 bits per heavy atom. The first-order valence-corrected chi connectivity index (χ1v) is 8.58. The second-order valence-electron chi connectivity index (χ2n) is 5.99. The molecule has 1 aromatic heterocycles. The van der Waals surface area contributed by atoms with Crippen molar-refractivity contribution >= 4 is 17.5 Å². The van der Waals surface area contributed by atoms with Gasteiger partial charge in [-0.25, -0.2) is 4.98 Å². The van der Waals surface area contributed by atoms with Gasteiger partial charge in [-0.1, -0.05) is 17.7 Å². The van der Waals surface area contributed by atoms with E-state index < -0.39 is 0 Å². The van der Waals surface area contributed by atoms with Crippen LogP contribution in [-0.4, -0.2) is 31.2 Å². The van der Waals surface area contributed by atoms with Crippen molar-refractivity contribution in [2.45, 2.75) is 32.9 Å². The molecule has 1 atom stereocenters. The Morgan fingerprint density at radius 2 is 1.81 bits per heavy atom. The number of aromatic nitrogens is 1. The fourth-order valence-electron chi connectivity index (χ4n) is 2.34. The van der Waals surface area contributed by atoms with E-state index in [1.807, 2.05) is 32.9 Å². The predicted molar refractivity (Wildman–Crippen MR) is 100 cm³/mol. The lowest BCUT2D eigenvalue weighted by atomic mass is 10.1. The summed E-state index contributed by atoms with van der Waals surface area (Å²) in [6, 6.07) is 6.80. The maximum absolute atomic E-state index is 12.5. The molecule has 6 nitrogen and oxygen atoms in total. The smallest absolute Gasteiger partial charge is 0.253 e. The van der Waals surface area contributed by atoms with E-state index in [0.717, 1.165) is 5.56 Å². The molecule has 0 fully saturated rings. The van der Waals surface area contributed by atoms with E-state index in [1.165, 1.54) is 6.20 Å². The van der Waals surface area contributed by atoms with Gasteiger partial charge in [-0.2, -0.15) is 0 Å². The predicted octanol–water partition coefficient (Wildman–Crippen LogP) is 4.03. The van der Waals surface area contributed by atoms with Crippen molar-refractivity contribution in [1.82, 2.24) is 10.3 Å². The first-order chi connectivity index (χ1) is 12.3. The Morgan fingerprint density at radius 3 is 2.38 bits per heavy atom. The van der Waals surface area contributed by atoms with Crippen molar-refractivity contribution in [3.63, 3.8) is 0 Å². The number of carbonyl (C=O) groups excluding carboxylic acids is 1. The third kappa shape index (κ3) is 4.79. The minimum absolute atomic E-state index is 0.0512. The normalized spacial score (nSPS) is 11.8. The summed E-state index contributed by atoms with van der Waals surface area (Å²) in [6.45, 7) is 5.64. The van der Waals surface area contributed by atoms with Crippen LogP contribution in [0.5, 0.6) is 17.4 Å². The Labute approximate surface area is 158 Å². The summed E-state index contributed by atoms with van der Waals surface area (Å²) in [5, 5.41) is 3.21. The first-order valence-electron chi connectivity index (χ1n) is 8.20. The SMILES string of the molecule is COc1ccc(C(C)NC(=O)c2cnc(OC(C)C)c(Cl)c2)cc1OC. The lowest BCUT2D eigenvalue weighted by molar-refractivity contribution is 0.0939. The second-order valence-corrected chi connectivity index (χ2v) is 6.39. The number of pyridine rings is 1. The molecule has 0 saturated carbocycles. The topological polar surface area (TPSA) is 69.7 Å². The van der Waals surface area contributed by atoms with Crippen LogP contribution in [-0.2, 0) is 0 Å². The largest absolute Gasteiger partial charge is 0.493 e. The molecule has 0 radical (unpaired) electrons. The van der Waals surface area contributed by atoms with Crippen molar-refractivity contribution in [2.24, 2.45) is 0 Å². The molecule has 0 aliphatic carbocycles. The molecule has 1 N–H and O–H groups in total. The molecule has 0 aliphatic rings. The number of carbonyl (C=O) groups is 1. The first kappa shape index (κ1) is 19.8. The van der Waals surface area contributed by atoms with Gasteiger partial charge in [0.15, 0.2) is 11.5 Å². The third-order valence-electron chi connectivity index (χ3n) is 3.67. The van der Waals surface area contributed by atoms with Crippen molar-refractivity contribution in [3.05, 3.63) is 46.6 Å². The molecule has 1 aromatic carbocycles. The van der Waals surface area contributed by atoms with Gasteiger partial charge in [0, 0.05) is 6.20 Å². The minimum atomic E-state index is -0.280. The van der Waals surface area contributed by atoms with Crippen LogP contribution in [0.3, 0.4) is 0 Å². The fraction of sp³-hybridized carbons (Fsp3) is 0.368. The highest BCUT2D eigenvalue weighted by Crippen LogP contribution is 2.30. The molecule has 0 aliphatic heterocycles. The highest BCUT2D eigenvalue weighted by molar-refractivity contribution is 6.32. The van der Waals surface area contributed by atoms with E-state index in [2.05, 4.69) is 10.3 Å². The van der Waals surface area contributed by atoms with Gasteiger partial charge in [0.2, 0.25) is 5.88 Å². The summed E-state index contributed by atoms with van der Waals surface area (Å²) in [6.07, 6.45) is 1.39. The number of nitrogens with zero attached hydrogens (tertiary/aromatic N) is 1. The number of ether oxygens (including phenoxy) is 3. The Balaban J connectivity index is 2.13. The minimum Gasteiger partial charge on any atom is -0.493 e. The summed E-state index contributed by atoms with van der Waals surface area (Å²) in [4.78, 5) is 16.6. The van der Waals surface area contributed by atoms with E-state index in [0.29, 0.717) is 28.0 Å². The number of rotatable bonds is 7. The number of halogens is 1. The Hall–Kier alpha value is -2.47. The van der Waals surface area contributed by atoms with Crippen molar-refractivity contribution < 1.29 is 19.0 Å². The van der Waals surface area contributed by atoms with E-state index in [-0.39, 0.29) is 18.1 Å². The van der Waals surface area contributed by atoms with Gasteiger partial charge in [0.1, 0.15) is 5.02 Å². The highest BCUT2D eigenvalue weighted by atomic mass is 35.5. The molecule has 0 spiro atoms. The zero-order valence-electron chi connectivity index (χ0n) is 15.5. The van der Waals surface area contributed by atoms with Crippen molar-refractivity contribution in [1.29, 1.82) is 0 Å². The van der Waals surface area contributed by atoms with Crippen LogP contribution in [0.15, 0.2) is 30.5 Å².